The van der Waals surface area contributed by atoms with E-state index in [0.717, 1.165) is 5.56 Å². The minimum Gasteiger partial charge on any atom is -0.505 e. The van der Waals surface area contributed by atoms with Gasteiger partial charge in [0, 0.05) is 5.46 Å². The molecule has 0 bridgehead atoms. The quantitative estimate of drug-likeness (QED) is 0.778. The molecule has 0 radical (unpaired) electrons. The van der Waals surface area contributed by atoms with Crippen molar-refractivity contribution in [3.05, 3.63) is 23.5 Å². The molecule has 1 heterocycles. The van der Waals surface area contributed by atoms with Crippen LogP contribution in [0.3, 0.4) is 0 Å². The Hall–Kier alpha value is -1.07. The van der Waals surface area contributed by atoms with Crippen molar-refractivity contribution >= 4 is 12.6 Å². The number of rotatable bonds is 1. The van der Waals surface area contributed by atoms with Crippen LogP contribution >= 0.6 is 0 Å². The fourth-order valence-corrected chi connectivity index (χ4v) is 1.92. The minimum atomic E-state index is -0.791. The van der Waals surface area contributed by atoms with Gasteiger partial charge < -0.3 is 14.4 Å². The van der Waals surface area contributed by atoms with E-state index >= 15 is 0 Å². The molecule has 18 heavy (non-hydrogen) atoms. The van der Waals surface area contributed by atoms with E-state index in [1.807, 2.05) is 27.7 Å². The monoisotopic (exact) mass is 252 g/mol. The summed E-state index contributed by atoms with van der Waals surface area (Å²) in [7, 11) is -0.791. The molecule has 1 aromatic rings. The number of benzene rings is 1. The van der Waals surface area contributed by atoms with Crippen molar-refractivity contribution in [2.24, 2.45) is 0 Å². The van der Waals surface area contributed by atoms with Crippen molar-refractivity contribution in [1.29, 1.82) is 0 Å². The average molecular weight is 252 g/mol. The van der Waals surface area contributed by atoms with E-state index < -0.39 is 24.1 Å². The van der Waals surface area contributed by atoms with Crippen molar-refractivity contribution in [3.8, 4) is 5.75 Å². The first-order chi connectivity index (χ1) is 8.14. The summed E-state index contributed by atoms with van der Waals surface area (Å²) in [6, 6.07) is 3.02. The molecule has 0 spiro atoms. The Labute approximate surface area is 107 Å². The zero-order valence-corrected chi connectivity index (χ0v) is 11.4. The van der Waals surface area contributed by atoms with Crippen molar-refractivity contribution < 1.29 is 18.8 Å². The standard InChI is InChI=1S/C13H18BFO3/c1-8-6-9(11(15)10(16)7-8)14-17-12(2,3)13(4,5)18-14/h6-7,16H,1-5H3. The lowest BCUT2D eigenvalue weighted by molar-refractivity contribution is 0.00578. The van der Waals surface area contributed by atoms with E-state index in [2.05, 4.69) is 0 Å². The average Bonchev–Trinajstić information content (AvgIpc) is 2.42. The first kappa shape index (κ1) is 13.4. The molecule has 1 saturated heterocycles. The molecule has 0 saturated carbocycles. The van der Waals surface area contributed by atoms with Gasteiger partial charge in [0.15, 0.2) is 11.6 Å². The van der Waals surface area contributed by atoms with Crippen LogP contribution in [-0.2, 0) is 9.31 Å². The molecule has 1 aromatic carbocycles. The van der Waals surface area contributed by atoms with E-state index in [9.17, 15) is 9.50 Å². The summed E-state index contributed by atoms with van der Waals surface area (Å²) in [5, 5.41) is 9.52. The third-order valence-electron chi connectivity index (χ3n) is 3.73. The number of aromatic hydroxyl groups is 1. The maximum absolute atomic E-state index is 13.9. The molecule has 0 amide bonds. The van der Waals surface area contributed by atoms with Gasteiger partial charge in [-0.05, 0) is 46.2 Å². The second-order valence-electron chi connectivity index (χ2n) is 5.78. The summed E-state index contributed by atoms with van der Waals surface area (Å²) in [6.07, 6.45) is 0. The number of hydrogen-bond donors (Lipinski definition) is 1. The first-order valence-electron chi connectivity index (χ1n) is 5.99. The number of halogens is 1. The van der Waals surface area contributed by atoms with Crippen LogP contribution in [0, 0.1) is 12.7 Å². The normalized spacial score (nSPS) is 21.3. The number of phenolic OH excluding ortho intramolecular Hbond substituents is 1. The van der Waals surface area contributed by atoms with Gasteiger partial charge in [-0.2, -0.15) is 0 Å². The fraction of sp³-hybridized carbons (Fsp3) is 0.538. The molecule has 1 aliphatic heterocycles. The summed E-state index contributed by atoms with van der Waals surface area (Å²) in [5.74, 6) is -1.06. The molecular formula is C13H18BFO3. The highest BCUT2D eigenvalue weighted by Crippen LogP contribution is 2.37. The number of phenols is 1. The van der Waals surface area contributed by atoms with Gasteiger partial charge in [0.1, 0.15) is 0 Å². The Balaban J connectivity index is 2.41. The highest BCUT2D eigenvalue weighted by atomic mass is 19.1. The van der Waals surface area contributed by atoms with Crippen LogP contribution in [-0.4, -0.2) is 23.4 Å². The van der Waals surface area contributed by atoms with Crippen LogP contribution in [0.5, 0.6) is 5.75 Å². The van der Waals surface area contributed by atoms with Gasteiger partial charge in [0.05, 0.1) is 11.2 Å². The molecule has 0 aliphatic carbocycles. The molecule has 5 heteroatoms. The topological polar surface area (TPSA) is 38.7 Å². The van der Waals surface area contributed by atoms with Gasteiger partial charge >= 0.3 is 7.12 Å². The molecule has 98 valence electrons. The Kier molecular flexibility index (Phi) is 2.95. The lowest BCUT2D eigenvalue weighted by Crippen LogP contribution is -2.41. The first-order valence-corrected chi connectivity index (χ1v) is 5.99. The van der Waals surface area contributed by atoms with Gasteiger partial charge in [-0.25, -0.2) is 4.39 Å². The van der Waals surface area contributed by atoms with Crippen LogP contribution in [0.4, 0.5) is 4.39 Å². The zero-order valence-electron chi connectivity index (χ0n) is 11.4. The third kappa shape index (κ3) is 2.02. The fourth-order valence-electron chi connectivity index (χ4n) is 1.92. The van der Waals surface area contributed by atoms with E-state index in [-0.39, 0.29) is 11.2 Å². The maximum atomic E-state index is 13.9. The van der Waals surface area contributed by atoms with E-state index in [1.54, 1.807) is 13.0 Å². The summed E-state index contributed by atoms with van der Waals surface area (Å²) in [5.41, 5.74) is -0.0443. The van der Waals surface area contributed by atoms with Crippen molar-refractivity contribution in [3.63, 3.8) is 0 Å². The molecule has 0 unspecified atom stereocenters. The van der Waals surface area contributed by atoms with Gasteiger partial charge in [0.25, 0.3) is 0 Å². The van der Waals surface area contributed by atoms with Gasteiger partial charge in [0.2, 0.25) is 0 Å². The summed E-state index contributed by atoms with van der Waals surface area (Å²) < 4.78 is 25.5. The SMILES string of the molecule is Cc1cc(O)c(F)c(B2OC(C)(C)C(C)(C)O2)c1. The second kappa shape index (κ2) is 3.97. The van der Waals surface area contributed by atoms with Gasteiger partial charge in [-0.15, -0.1) is 0 Å². The molecule has 0 aromatic heterocycles. The Bertz CT molecular complexity index is 469. The molecule has 3 nitrogen and oxygen atoms in total. The van der Waals surface area contributed by atoms with Crippen LogP contribution in [0.25, 0.3) is 0 Å². The number of hydrogen-bond acceptors (Lipinski definition) is 3. The minimum absolute atomic E-state index is 0.242. The van der Waals surface area contributed by atoms with Gasteiger partial charge in [-0.3, -0.25) is 0 Å². The van der Waals surface area contributed by atoms with E-state index in [0.29, 0.717) is 0 Å². The molecular weight excluding hydrogens is 234 g/mol. The predicted octanol–water partition coefficient (Wildman–Crippen LogP) is 2.14. The van der Waals surface area contributed by atoms with Crippen LogP contribution in [0.2, 0.25) is 0 Å². The molecule has 1 aliphatic rings. The molecule has 1 fully saturated rings. The lowest BCUT2D eigenvalue weighted by atomic mass is 9.78. The van der Waals surface area contributed by atoms with Crippen molar-refractivity contribution in [2.45, 2.75) is 45.8 Å². The van der Waals surface area contributed by atoms with Crippen molar-refractivity contribution in [2.75, 3.05) is 0 Å². The lowest BCUT2D eigenvalue weighted by Gasteiger charge is -2.32. The van der Waals surface area contributed by atoms with Crippen LogP contribution < -0.4 is 5.46 Å². The van der Waals surface area contributed by atoms with Crippen molar-refractivity contribution in [1.82, 2.24) is 0 Å². The summed E-state index contributed by atoms with van der Waals surface area (Å²) in [4.78, 5) is 0. The van der Waals surface area contributed by atoms with Crippen LogP contribution in [0.1, 0.15) is 33.3 Å². The summed E-state index contributed by atoms with van der Waals surface area (Å²) >= 11 is 0. The van der Waals surface area contributed by atoms with E-state index in [4.69, 9.17) is 9.31 Å². The Morgan fingerprint density at radius 2 is 1.61 bits per heavy atom. The van der Waals surface area contributed by atoms with Gasteiger partial charge in [-0.1, -0.05) is 6.07 Å². The maximum Gasteiger partial charge on any atom is 0.498 e. The van der Waals surface area contributed by atoms with E-state index in [1.165, 1.54) is 6.07 Å². The largest absolute Gasteiger partial charge is 0.505 e. The zero-order chi connectivity index (χ0) is 13.7. The smallest absolute Gasteiger partial charge is 0.498 e. The number of aryl methyl sites for hydroxylation is 1. The second-order valence-corrected chi connectivity index (χ2v) is 5.78. The molecule has 2 rings (SSSR count). The highest BCUT2D eigenvalue weighted by Gasteiger charge is 2.52. The molecule has 0 atom stereocenters. The van der Waals surface area contributed by atoms with Crippen LogP contribution in [0.15, 0.2) is 12.1 Å². The predicted molar refractivity (Wildman–Crippen MR) is 68.5 cm³/mol. The summed E-state index contributed by atoms with van der Waals surface area (Å²) in [6.45, 7) is 9.40. The highest BCUT2D eigenvalue weighted by molar-refractivity contribution is 6.62. The third-order valence-corrected chi connectivity index (χ3v) is 3.73. The molecule has 1 N–H and O–H groups in total. The Morgan fingerprint density at radius 3 is 2.11 bits per heavy atom. The Morgan fingerprint density at radius 1 is 1.11 bits per heavy atom.